The highest BCUT2D eigenvalue weighted by Crippen LogP contribution is 2.40. The Bertz CT molecular complexity index is 822. The molecule has 3 fully saturated rings. The van der Waals surface area contributed by atoms with Crippen molar-refractivity contribution in [1.82, 2.24) is 20.0 Å². The van der Waals surface area contributed by atoms with Gasteiger partial charge in [0.15, 0.2) is 5.82 Å². The van der Waals surface area contributed by atoms with Gasteiger partial charge in [0.25, 0.3) is 5.89 Å². The number of hydrogen-bond acceptors (Lipinski definition) is 8. The third-order valence-corrected chi connectivity index (χ3v) is 6.47. The molecule has 8 heteroatoms. The second kappa shape index (κ2) is 7.42. The molecule has 0 aromatic carbocycles. The molecule has 2 aromatic rings. The molecular weight excluding hydrogens is 358 g/mol. The lowest BCUT2D eigenvalue weighted by atomic mass is 9.77. The van der Waals surface area contributed by atoms with Gasteiger partial charge in [0.2, 0.25) is 0 Å². The number of pyridine rings is 1. The van der Waals surface area contributed by atoms with Gasteiger partial charge in [0, 0.05) is 44.0 Å². The lowest BCUT2D eigenvalue weighted by molar-refractivity contribution is -0.0520. The highest BCUT2D eigenvalue weighted by atomic mass is 16.5. The van der Waals surface area contributed by atoms with E-state index in [2.05, 4.69) is 24.9 Å². The standard InChI is InChI=1S/C20H27N5O3/c1-13-22-20(28-23-13)14-2-3-21-19(10-14)25-11-15-8-17(18(26)9-16(15)12-25)24-4-6-27-7-5-24/h2-3,10,15-18,26H,4-9,11-12H2,1H3/t15-,16+,17-,18-/m1/s1. The molecule has 0 unspecified atom stereocenters. The summed E-state index contributed by atoms with van der Waals surface area (Å²) in [7, 11) is 0. The van der Waals surface area contributed by atoms with Crippen LogP contribution >= 0.6 is 0 Å². The number of aliphatic hydroxyl groups excluding tert-OH is 1. The van der Waals surface area contributed by atoms with Gasteiger partial charge >= 0.3 is 0 Å². The van der Waals surface area contributed by atoms with E-state index in [9.17, 15) is 5.11 Å². The summed E-state index contributed by atoms with van der Waals surface area (Å²) in [6.07, 6.45) is 3.47. The summed E-state index contributed by atoms with van der Waals surface area (Å²) < 4.78 is 10.8. The topological polar surface area (TPSA) is 87.8 Å². The number of aromatic nitrogens is 3. The van der Waals surface area contributed by atoms with Gasteiger partial charge < -0.3 is 19.3 Å². The summed E-state index contributed by atoms with van der Waals surface area (Å²) >= 11 is 0. The third kappa shape index (κ3) is 3.40. The van der Waals surface area contributed by atoms with Crippen LogP contribution in [0, 0.1) is 18.8 Å². The fourth-order valence-electron chi connectivity index (χ4n) is 5.03. The van der Waals surface area contributed by atoms with E-state index in [1.54, 1.807) is 6.20 Å². The average Bonchev–Trinajstić information content (AvgIpc) is 3.34. The summed E-state index contributed by atoms with van der Waals surface area (Å²) in [4.78, 5) is 13.7. The molecule has 1 saturated carbocycles. The Morgan fingerprint density at radius 2 is 1.93 bits per heavy atom. The fourth-order valence-corrected chi connectivity index (χ4v) is 5.03. The lowest BCUT2D eigenvalue weighted by Crippen LogP contribution is -2.53. The van der Waals surface area contributed by atoms with Crippen LogP contribution in [0.2, 0.25) is 0 Å². The van der Waals surface area contributed by atoms with Crippen molar-refractivity contribution < 1.29 is 14.4 Å². The first-order chi connectivity index (χ1) is 13.7. The van der Waals surface area contributed by atoms with E-state index in [4.69, 9.17) is 9.26 Å². The minimum atomic E-state index is -0.250. The van der Waals surface area contributed by atoms with Crippen LogP contribution in [0.5, 0.6) is 0 Å². The van der Waals surface area contributed by atoms with Crippen molar-refractivity contribution in [3.8, 4) is 11.5 Å². The predicted octanol–water partition coefficient (Wildman–Crippen LogP) is 1.35. The Morgan fingerprint density at radius 1 is 1.14 bits per heavy atom. The molecule has 1 N–H and O–H groups in total. The molecule has 28 heavy (non-hydrogen) atoms. The quantitative estimate of drug-likeness (QED) is 0.847. The molecule has 4 atom stereocenters. The van der Waals surface area contributed by atoms with Gasteiger partial charge in [-0.3, -0.25) is 4.90 Å². The van der Waals surface area contributed by atoms with E-state index in [0.717, 1.165) is 63.6 Å². The van der Waals surface area contributed by atoms with Crippen LogP contribution in [0.15, 0.2) is 22.9 Å². The van der Waals surface area contributed by atoms with Crippen LogP contribution in [0.1, 0.15) is 18.7 Å². The van der Waals surface area contributed by atoms with Gasteiger partial charge in [0.05, 0.1) is 19.3 Å². The number of ether oxygens (including phenoxy) is 1. The Balaban J connectivity index is 1.30. The van der Waals surface area contributed by atoms with Crippen LogP contribution in [0.25, 0.3) is 11.5 Å². The molecule has 8 nitrogen and oxygen atoms in total. The Kier molecular flexibility index (Phi) is 4.78. The van der Waals surface area contributed by atoms with Crippen molar-refractivity contribution in [3.05, 3.63) is 24.2 Å². The predicted molar refractivity (Wildman–Crippen MR) is 103 cm³/mol. The van der Waals surface area contributed by atoms with Gasteiger partial charge in [0.1, 0.15) is 5.82 Å². The van der Waals surface area contributed by atoms with Crippen LogP contribution in [0.3, 0.4) is 0 Å². The van der Waals surface area contributed by atoms with Crippen LogP contribution in [0.4, 0.5) is 5.82 Å². The zero-order chi connectivity index (χ0) is 19.1. The monoisotopic (exact) mass is 385 g/mol. The number of hydrogen-bond donors (Lipinski definition) is 1. The van der Waals surface area contributed by atoms with E-state index in [1.165, 1.54) is 0 Å². The maximum Gasteiger partial charge on any atom is 0.258 e. The van der Waals surface area contributed by atoms with Crippen molar-refractivity contribution in [2.45, 2.75) is 31.9 Å². The number of nitrogens with zero attached hydrogens (tertiary/aromatic N) is 5. The first-order valence-electron chi connectivity index (χ1n) is 10.2. The van der Waals surface area contributed by atoms with E-state index >= 15 is 0 Å². The molecule has 150 valence electrons. The molecule has 2 aliphatic heterocycles. The molecule has 0 spiro atoms. The molecule has 0 amide bonds. The zero-order valence-corrected chi connectivity index (χ0v) is 16.2. The molecule has 5 rings (SSSR count). The van der Waals surface area contributed by atoms with Gasteiger partial charge in [-0.05, 0) is 43.7 Å². The molecule has 2 aromatic heterocycles. The average molecular weight is 385 g/mol. The normalized spacial score (nSPS) is 31.1. The summed E-state index contributed by atoms with van der Waals surface area (Å²) in [5, 5.41) is 14.7. The highest BCUT2D eigenvalue weighted by Gasteiger charge is 2.44. The molecule has 2 saturated heterocycles. The van der Waals surface area contributed by atoms with E-state index in [1.807, 2.05) is 19.1 Å². The number of morpholine rings is 1. The second-order valence-corrected chi connectivity index (χ2v) is 8.23. The van der Waals surface area contributed by atoms with Crippen LogP contribution in [-0.4, -0.2) is 76.7 Å². The van der Waals surface area contributed by atoms with E-state index in [-0.39, 0.29) is 12.1 Å². The SMILES string of the molecule is Cc1noc(-c2ccnc(N3C[C@H]4C[C@@H](N5CCOCC5)[C@H](O)C[C@H]4C3)c2)n1. The zero-order valence-electron chi connectivity index (χ0n) is 16.2. The maximum atomic E-state index is 10.8. The highest BCUT2D eigenvalue weighted by molar-refractivity contribution is 5.59. The number of aryl methyl sites for hydroxylation is 1. The summed E-state index contributed by atoms with van der Waals surface area (Å²) in [5.41, 5.74) is 0.895. The van der Waals surface area contributed by atoms with Crippen molar-refractivity contribution >= 4 is 5.82 Å². The minimum absolute atomic E-state index is 0.250. The number of aliphatic hydroxyl groups is 1. The maximum absolute atomic E-state index is 10.8. The summed E-state index contributed by atoms with van der Waals surface area (Å²) in [5.74, 6) is 3.21. The van der Waals surface area contributed by atoms with E-state index < -0.39 is 0 Å². The molecular formula is C20H27N5O3. The summed E-state index contributed by atoms with van der Waals surface area (Å²) in [6, 6.07) is 4.18. The number of anilines is 1. The molecule has 3 aliphatic rings. The summed E-state index contributed by atoms with van der Waals surface area (Å²) in [6.45, 7) is 7.14. The van der Waals surface area contributed by atoms with Crippen LogP contribution < -0.4 is 4.90 Å². The minimum Gasteiger partial charge on any atom is -0.391 e. The third-order valence-electron chi connectivity index (χ3n) is 6.47. The number of fused-ring (bicyclic) bond motifs is 1. The largest absolute Gasteiger partial charge is 0.391 e. The van der Waals surface area contributed by atoms with Crippen molar-refractivity contribution in [2.24, 2.45) is 11.8 Å². The molecule has 0 bridgehead atoms. The van der Waals surface area contributed by atoms with Gasteiger partial charge in [-0.2, -0.15) is 4.98 Å². The Labute approximate surface area is 164 Å². The Hall–Kier alpha value is -2.03. The first-order valence-corrected chi connectivity index (χ1v) is 10.2. The lowest BCUT2D eigenvalue weighted by Gasteiger charge is -2.43. The van der Waals surface area contributed by atoms with Crippen molar-refractivity contribution in [2.75, 3.05) is 44.3 Å². The van der Waals surface area contributed by atoms with Crippen molar-refractivity contribution in [3.63, 3.8) is 0 Å². The van der Waals surface area contributed by atoms with Crippen LogP contribution in [-0.2, 0) is 4.74 Å². The second-order valence-electron chi connectivity index (χ2n) is 8.23. The molecule has 4 heterocycles. The van der Waals surface area contributed by atoms with Crippen molar-refractivity contribution in [1.29, 1.82) is 0 Å². The van der Waals surface area contributed by atoms with Gasteiger partial charge in [-0.15, -0.1) is 0 Å². The smallest absolute Gasteiger partial charge is 0.258 e. The molecule has 1 aliphatic carbocycles. The van der Waals surface area contributed by atoms with Gasteiger partial charge in [-0.25, -0.2) is 4.98 Å². The number of rotatable bonds is 3. The first kappa shape index (κ1) is 18.0. The Morgan fingerprint density at radius 3 is 2.68 bits per heavy atom. The van der Waals surface area contributed by atoms with Gasteiger partial charge in [-0.1, -0.05) is 5.16 Å². The molecule has 0 radical (unpaired) electrons. The fraction of sp³-hybridized carbons (Fsp3) is 0.650. The van der Waals surface area contributed by atoms with E-state index in [0.29, 0.717) is 23.6 Å².